The van der Waals surface area contributed by atoms with Gasteiger partial charge in [0.15, 0.2) is 10.6 Å². The molecule has 0 aliphatic carbocycles. The molecule has 0 atom stereocenters. The highest BCUT2D eigenvalue weighted by molar-refractivity contribution is 7.71. The quantitative estimate of drug-likeness (QED) is 0.740. The Bertz CT molecular complexity index is 870. The first kappa shape index (κ1) is 13.8. The Balaban J connectivity index is 2.12. The number of benzene rings is 2. The van der Waals surface area contributed by atoms with Gasteiger partial charge in [-0.15, -0.1) is 0 Å². The summed E-state index contributed by atoms with van der Waals surface area (Å²) >= 11 is 5.20. The predicted molar refractivity (Wildman–Crippen MR) is 79.1 cm³/mol. The fraction of sp³-hybridized carbons (Fsp3) is 0.133. The Morgan fingerprint density at radius 2 is 2.05 bits per heavy atom. The van der Waals surface area contributed by atoms with Crippen molar-refractivity contribution in [2.24, 2.45) is 0 Å². The molecule has 0 aliphatic rings. The molecular weight excluding hydrogens is 294 g/mol. The van der Waals surface area contributed by atoms with Crippen LogP contribution >= 0.6 is 12.2 Å². The van der Waals surface area contributed by atoms with Gasteiger partial charge in [-0.05, 0) is 36.0 Å². The second-order valence-corrected chi connectivity index (χ2v) is 5.04. The third-order valence-electron chi connectivity index (χ3n) is 3.28. The van der Waals surface area contributed by atoms with Crippen molar-refractivity contribution in [1.29, 1.82) is 0 Å². The minimum atomic E-state index is -0.652. The zero-order chi connectivity index (χ0) is 15.0. The molecule has 2 aromatic carbocycles. The Labute approximate surface area is 124 Å². The number of aromatic amines is 1. The second kappa shape index (κ2) is 5.29. The van der Waals surface area contributed by atoms with Gasteiger partial charge in [-0.25, -0.2) is 8.78 Å². The average molecular weight is 306 g/mol. The normalized spacial score (nSPS) is 11.0. The topological polar surface area (TPSA) is 29.9 Å². The number of nitrogens with zero attached hydrogens (tertiary/aromatic N) is 1. The number of rotatable bonds is 3. The number of methoxy groups -OCH3 is 1. The van der Waals surface area contributed by atoms with Gasteiger partial charge in [-0.1, -0.05) is 12.1 Å². The van der Waals surface area contributed by atoms with Gasteiger partial charge in [0.25, 0.3) is 0 Å². The van der Waals surface area contributed by atoms with E-state index in [0.29, 0.717) is 16.8 Å². The fourth-order valence-electron chi connectivity index (χ4n) is 2.29. The molecule has 3 aromatic rings. The van der Waals surface area contributed by atoms with E-state index >= 15 is 0 Å². The van der Waals surface area contributed by atoms with Crippen LogP contribution in [0, 0.1) is 16.4 Å². The zero-order valence-corrected chi connectivity index (χ0v) is 12.0. The number of hydrogen-bond donors (Lipinski definition) is 1. The van der Waals surface area contributed by atoms with Crippen LogP contribution in [0.1, 0.15) is 5.56 Å². The lowest BCUT2D eigenvalue weighted by Gasteiger charge is -2.07. The summed E-state index contributed by atoms with van der Waals surface area (Å²) in [5, 5.41) is 0. The molecule has 0 aliphatic heterocycles. The highest BCUT2D eigenvalue weighted by Gasteiger charge is 2.11. The lowest BCUT2D eigenvalue weighted by molar-refractivity contribution is 0.414. The third-order valence-corrected chi connectivity index (χ3v) is 3.60. The molecular formula is C15H12F2N2OS. The fourth-order valence-corrected chi connectivity index (χ4v) is 2.56. The maximum atomic E-state index is 13.7. The van der Waals surface area contributed by atoms with Crippen LogP contribution in [0.25, 0.3) is 11.0 Å². The minimum absolute atomic E-state index is 0.212. The average Bonchev–Trinajstić information content (AvgIpc) is 2.77. The van der Waals surface area contributed by atoms with Gasteiger partial charge in [0.1, 0.15) is 17.1 Å². The number of H-pyrrole nitrogens is 1. The van der Waals surface area contributed by atoms with Crippen LogP contribution in [0.5, 0.6) is 5.75 Å². The van der Waals surface area contributed by atoms with Crippen LogP contribution in [-0.2, 0) is 6.54 Å². The van der Waals surface area contributed by atoms with Crippen molar-refractivity contribution in [1.82, 2.24) is 9.55 Å². The van der Waals surface area contributed by atoms with Crippen molar-refractivity contribution in [3.8, 4) is 5.75 Å². The van der Waals surface area contributed by atoms with Gasteiger partial charge < -0.3 is 14.3 Å². The predicted octanol–water partition coefficient (Wildman–Crippen LogP) is 4.03. The van der Waals surface area contributed by atoms with Gasteiger partial charge in [0.2, 0.25) is 0 Å². The maximum absolute atomic E-state index is 13.7. The van der Waals surface area contributed by atoms with E-state index in [1.54, 1.807) is 11.7 Å². The Kier molecular flexibility index (Phi) is 3.47. The van der Waals surface area contributed by atoms with Crippen molar-refractivity contribution in [2.75, 3.05) is 7.11 Å². The molecule has 3 nitrogen and oxygen atoms in total. The van der Waals surface area contributed by atoms with E-state index in [0.717, 1.165) is 17.4 Å². The Morgan fingerprint density at radius 1 is 1.24 bits per heavy atom. The van der Waals surface area contributed by atoms with E-state index in [1.807, 2.05) is 24.3 Å². The number of aromatic nitrogens is 2. The smallest absolute Gasteiger partial charge is 0.178 e. The van der Waals surface area contributed by atoms with E-state index in [1.165, 1.54) is 6.07 Å². The van der Waals surface area contributed by atoms with Gasteiger partial charge in [0.05, 0.1) is 19.2 Å². The highest BCUT2D eigenvalue weighted by Crippen LogP contribution is 2.21. The van der Waals surface area contributed by atoms with Crippen molar-refractivity contribution < 1.29 is 13.5 Å². The van der Waals surface area contributed by atoms with Crippen LogP contribution in [0.15, 0.2) is 36.4 Å². The first-order valence-corrected chi connectivity index (χ1v) is 6.70. The number of nitrogens with one attached hydrogen (secondary N) is 1. The van der Waals surface area contributed by atoms with Crippen molar-refractivity contribution in [2.45, 2.75) is 6.54 Å². The lowest BCUT2D eigenvalue weighted by Crippen LogP contribution is -2.00. The summed E-state index contributed by atoms with van der Waals surface area (Å²) in [7, 11) is 1.58. The van der Waals surface area contributed by atoms with E-state index in [2.05, 4.69) is 4.98 Å². The summed E-state index contributed by atoms with van der Waals surface area (Å²) in [5.74, 6) is -0.565. The summed E-state index contributed by atoms with van der Waals surface area (Å²) in [6.07, 6.45) is 0. The molecule has 0 radical (unpaired) electrons. The lowest BCUT2D eigenvalue weighted by atomic mass is 10.2. The number of hydrogen-bond acceptors (Lipinski definition) is 2. The SMILES string of the molecule is COc1cccc(Cn2c(=S)[nH]c3c(F)cc(F)cc32)c1. The standard InChI is InChI=1S/C15H12F2N2OS/c1-20-11-4-2-3-9(5-11)8-19-13-7-10(16)6-12(17)14(13)18-15(19)21/h2-7H,8H2,1H3,(H,18,21). The van der Waals surface area contributed by atoms with Gasteiger partial charge in [-0.3, -0.25) is 0 Å². The largest absolute Gasteiger partial charge is 0.497 e. The molecule has 0 fully saturated rings. The molecule has 0 spiro atoms. The number of halogens is 2. The molecule has 21 heavy (non-hydrogen) atoms. The summed E-state index contributed by atoms with van der Waals surface area (Å²) in [6.45, 7) is 0.402. The molecule has 0 saturated carbocycles. The van der Waals surface area contributed by atoms with Crippen LogP contribution < -0.4 is 4.74 Å². The molecule has 1 N–H and O–H groups in total. The molecule has 0 amide bonds. The maximum Gasteiger partial charge on any atom is 0.178 e. The number of ether oxygens (including phenoxy) is 1. The Morgan fingerprint density at radius 3 is 2.81 bits per heavy atom. The summed E-state index contributed by atoms with van der Waals surface area (Å²) < 4.78 is 34.3. The molecule has 6 heteroatoms. The van der Waals surface area contributed by atoms with Crippen molar-refractivity contribution in [3.05, 3.63) is 58.4 Å². The van der Waals surface area contributed by atoms with E-state index < -0.39 is 11.6 Å². The first-order chi connectivity index (χ1) is 10.1. The molecule has 0 unspecified atom stereocenters. The molecule has 0 saturated heterocycles. The van der Waals surface area contributed by atoms with Crippen LogP contribution in [0.2, 0.25) is 0 Å². The molecule has 1 heterocycles. The summed E-state index contributed by atoms with van der Waals surface area (Å²) in [4.78, 5) is 2.78. The molecule has 0 bridgehead atoms. The van der Waals surface area contributed by atoms with E-state index in [-0.39, 0.29) is 5.52 Å². The second-order valence-electron chi connectivity index (χ2n) is 4.65. The van der Waals surface area contributed by atoms with Gasteiger partial charge in [-0.2, -0.15) is 0 Å². The van der Waals surface area contributed by atoms with E-state index in [4.69, 9.17) is 17.0 Å². The third kappa shape index (κ3) is 2.54. The summed E-state index contributed by atoms with van der Waals surface area (Å²) in [5.41, 5.74) is 1.54. The van der Waals surface area contributed by atoms with Crippen molar-refractivity contribution in [3.63, 3.8) is 0 Å². The van der Waals surface area contributed by atoms with Crippen molar-refractivity contribution >= 4 is 23.3 Å². The monoisotopic (exact) mass is 306 g/mol. The van der Waals surface area contributed by atoms with Gasteiger partial charge >= 0.3 is 0 Å². The number of fused-ring (bicyclic) bond motifs is 1. The zero-order valence-electron chi connectivity index (χ0n) is 11.2. The molecule has 1 aromatic heterocycles. The Hall–Kier alpha value is -2.21. The van der Waals surface area contributed by atoms with Crippen LogP contribution in [0.3, 0.4) is 0 Å². The first-order valence-electron chi connectivity index (χ1n) is 6.29. The highest BCUT2D eigenvalue weighted by atomic mass is 32.1. The summed E-state index contributed by atoms with van der Waals surface area (Å²) in [6, 6.07) is 9.55. The molecule has 108 valence electrons. The van der Waals surface area contributed by atoms with Gasteiger partial charge in [0, 0.05) is 6.07 Å². The molecule has 3 rings (SSSR count). The minimum Gasteiger partial charge on any atom is -0.497 e. The van der Waals surface area contributed by atoms with Crippen LogP contribution in [0.4, 0.5) is 8.78 Å². The number of imidazole rings is 1. The van der Waals surface area contributed by atoms with Crippen LogP contribution in [-0.4, -0.2) is 16.7 Å². The van der Waals surface area contributed by atoms with E-state index in [9.17, 15) is 8.78 Å².